The van der Waals surface area contributed by atoms with E-state index in [4.69, 9.17) is 15.5 Å². The Hall–Kier alpha value is -3.43. The van der Waals surface area contributed by atoms with Crippen molar-refractivity contribution >= 4 is 27.8 Å². The Labute approximate surface area is 226 Å². The van der Waals surface area contributed by atoms with Gasteiger partial charge in [0.1, 0.15) is 12.4 Å². The molecule has 0 radical (unpaired) electrons. The lowest BCUT2D eigenvalue weighted by atomic mass is 9.97. The van der Waals surface area contributed by atoms with E-state index in [9.17, 15) is 9.18 Å². The lowest BCUT2D eigenvalue weighted by Gasteiger charge is -2.30. The third-order valence-corrected chi connectivity index (χ3v) is 8.52. The van der Waals surface area contributed by atoms with Gasteiger partial charge in [-0.1, -0.05) is 12.1 Å². The van der Waals surface area contributed by atoms with Crippen molar-refractivity contribution in [3.05, 3.63) is 47.5 Å². The van der Waals surface area contributed by atoms with Crippen LogP contribution in [0.3, 0.4) is 0 Å². The number of carbonyl (C=O) groups is 1. The van der Waals surface area contributed by atoms with Crippen LogP contribution >= 0.6 is 0 Å². The maximum atomic E-state index is 13.2. The number of nitrogens with zero attached hydrogens (tertiary/aromatic N) is 4. The number of hydrogen-bond acceptors (Lipinski definition) is 5. The molecule has 0 unspecified atom stereocenters. The number of imidazole rings is 1. The van der Waals surface area contributed by atoms with Gasteiger partial charge in [-0.3, -0.25) is 4.79 Å². The van der Waals surface area contributed by atoms with E-state index in [0.29, 0.717) is 23.9 Å². The van der Waals surface area contributed by atoms with Gasteiger partial charge in [0.15, 0.2) is 5.82 Å². The van der Waals surface area contributed by atoms with Gasteiger partial charge in [-0.25, -0.2) is 9.37 Å². The number of amides is 1. The summed E-state index contributed by atoms with van der Waals surface area (Å²) in [6.07, 6.45) is 3.21. The maximum absolute atomic E-state index is 13.2. The zero-order chi connectivity index (χ0) is 26.7. The van der Waals surface area contributed by atoms with Gasteiger partial charge >= 0.3 is 0 Å². The molecule has 39 heavy (non-hydrogen) atoms. The van der Waals surface area contributed by atoms with Crippen molar-refractivity contribution in [2.75, 3.05) is 39.5 Å². The number of fused-ring (bicyclic) bond motifs is 3. The highest BCUT2D eigenvalue weighted by Gasteiger charge is 2.29. The maximum Gasteiger partial charge on any atom is 0.254 e. The van der Waals surface area contributed by atoms with Gasteiger partial charge in [0.25, 0.3) is 5.91 Å². The first-order valence-corrected chi connectivity index (χ1v) is 14.1. The molecule has 2 fully saturated rings. The lowest BCUT2D eigenvalue weighted by molar-refractivity contribution is 0.0725. The highest BCUT2D eigenvalue weighted by atomic mass is 19.1. The van der Waals surface area contributed by atoms with Gasteiger partial charge in [0, 0.05) is 56.6 Å². The lowest BCUT2D eigenvalue weighted by Crippen LogP contribution is -2.45. The zero-order valence-corrected chi connectivity index (χ0v) is 22.3. The number of ether oxygens (including phenoxy) is 1. The molecule has 2 aromatic carbocycles. The van der Waals surface area contributed by atoms with Crippen LogP contribution in [0, 0.1) is 11.8 Å². The molecule has 4 aromatic rings. The third-order valence-electron chi connectivity index (χ3n) is 8.52. The summed E-state index contributed by atoms with van der Waals surface area (Å²) in [5, 5.41) is 4.47. The molecule has 1 saturated carbocycles. The molecule has 1 amide bonds. The molecule has 1 saturated heterocycles. The fourth-order valence-electron chi connectivity index (χ4n) is 5.96. The molecule has 2 aromatic heterocycles. The minimum absolute atomic E-state index is 0.0967. The number of hydrogen-bond donors (Lipinski definition) is 2. The number of aryl methyl sites for hydroxylation is 1. The van der Waals surface area contributed by atoms with E-state index in [-0.39, 0.29) is 12.5 Å². The number of alkyl halides is 1. The van der Waals surface area contributed by atoms with Crippen LogP contribution in [0.1, 0.15) is 28.8 Å². The topological polar surface area (TPSA) is 90.3 Å². The van der Waals surface area contributed by atoms with Crippen molar-refractivity contribution in [1.82, 2.24) is 24.3 Å². The fraction of sp³-hybridized carbons (Fsp3) is 0.467. The SMILES string of the molecule is Cn1c(-c2cc3cccc(OCC4CNC4)c3n2CC2CC2)nc2cc3c(cc21)CCN(C[C@H](N)CF)C3=O. The Morgan fingerprint density at radius 3 is 2.79 bits per heavy atom. The van der Waals surface area contributed by atoms with Gasteiger partial charge in [0.2, 0.25) is 0 Å². The molecule has 9 heteroatoms. The third kappa shape index (κ3) is 4.37. The van der Waals surface area contributed by atoms with Crippen molar-refractivity contribution in [3.63, 3.8) is 0 Å². The first-order valence-electron chi connectivity index (χ1n) is 14.1. The number of carbonyl (C=O) groups excluding carboxylic acids is 1. The van der Waals surface area contributed by atoms with E-state index in [1.165, 1.54) is 12.8 Å². The summed E-state index contributed by atoms with van der Waals surface area (Å²) in [6, 6.07) is 11.9. The van der Waals surface area contributed by atoms with Gasteiger partial charge in [-0.15, -0.1) is 0 Å². The number of benzene rings is 2. The van der Waals surface area contributed by atoms with Crippen LogP contribution < -0.4 is 15.8 Å². The van der Waals surface area contributed by atoms with E-state index < -0.39 is 12.7 Å². The molecule has 204 valence electrons. The molecule has 1 atom stereocenters. The van der Waals surface area contributed by atoms with Gasteiger partial charge < -0.3 is 29.8 Å². The van der Waals surface area contributed by atoms with Crippen LogP contribution in [-0.4, -0.2) is 70.4 Å². The minimum Gasteiger partial charge on any atom is -0.491 e. The van der Waals surface area contributed by atoms with Crippen LogP contribution in [0.5, 0.6) is 5.75 Å². The predicted molar refractivity (Wildman–Crippen MR) is 150 cm³/mol. The fourth-order valence-corrected chi connectivity index (χ4v) is 5.96. The number of halogens is 1. The van der Waals surface area contributed by atoms with E-state index in [2.05, 4.69) is 51.8 Å². The second kappa shape index (κ2) is 9.64. The Balaban J connectivity index is 1.30. The minimum atomic E-state index is -0.659. The second-order valence-electron chi connectivity index (χ2n) is 11.5. The predicted octanol–water partition coefficient (Wildman–Crippen LogP) is 3.50. The molecule has 7 rings (SSSR count). The summed E-state index contributed by atoms with van der Waals surface area (Å²) in [5.41, 5.74) is 11.4. The summed E-state index contributed by atoms with van der Waals surface area (Å²) in [6.45, 7) is 3.81. The number of para-hydroxylation sites is 1. The molecular weight excluding hydrogens is 495 g/mol. The van der Waals surface area contributed by atoms with Crippen LogP contribution in [0.15, 0.2) is 36.4 Å². The van der Waals surface area contributed by atoms with Crippen molar-refractivity contribution in [2.45, 2.75) is 31.8 Å². The molecule has 8 nitrogen and oxygen atoms in total. The van der Waals surface area contributed by atoms with E-state index >= 15 is 0 Å². The molecule has 0 bridgehead atoms. The Bertz CT molecular complexity index is 1570. The molecule has 4 heterocycles. The highest BCUT2D eigenvalue weighted by molar-refractivity contribution is 6.01. The summed E-state index contributed by atoms with van der Waals surface area (Å²) < 4.78 is 23.9. The molecule has 1 aliphatic carbocycles. The first-order chi connectivity index (χ1) is 19.0. The highest BCUT2D eigenvalue weighted by Crippen LogP contribution is 2.39. The quantitative estimate of drug-likeness (QED) is 0.346. The summed E-state index contributed by atoms with van der Waals surface area (Å²) in [5.74, 6) is 2.94. The van der Waals surface area contributed by atoms with Gasteiger partial charge in [0.05, 0.1) is 34.9 Å². The van der Waals surface area contributed by atoms with Crippen molar-refractivity contribution in [1.29, 1.82) is 0 Å². The number of aromatic nitrogens is 3. The molecular formula is C30H35FN6O2. The van der Waals surface area contributed by atoms with E-state index in [0.717, 1.165) is 77.4 Å². The molecule has 3 aliphatic rings. The van der Waals surface area contributed by atoms with E-state index in [1.54, 1.807) is 4.90 Å². The Kier molecular flexibility index (Phi) is 6.08. The summed E-state index contributed by atoms with van der Waals surface area (Å²) >= 11 is 0. The van der Waals surface area contributed by atoms with Crippen LogP contribution in [0.4, 0.5) is 4.39 Å². The Morgan fingerprint density at radius 1 is 1.21 bits per heavy atom. The van der Waals surface area contributed by atoms with Crippen molar-refractivity contribution in [2.24, 2.45) is 24.6 Å². The largest absolute Gasteiger partial charge is 0.491 e. The summed E-state index contributed by atoms with van der Waals surface area (Å²) in [7, 11) is 2.05. The number of nitrogens with one attached hydrogen (secondary N) is 1. The standard InChI is InChI=1S/C30H35FN6O2/c1-35-25-9-20-7-8-36(16-22(32)12-31)30(38)23(20)11-24(25)34-29(35)26-10-21-3-2-4-27(39-17-19-13-33-14-19)28(21)37(26)15-18-5-6-18/h2-4,9-11,18-19,22,33H,5-8,12-17,32H2,1H3/t22-/m1/s1. The van der Waals surface area contributed by atoms with E-state index in [1.807, 2.05) is 6.07 Å². The molecule has 3 N–H and O–H groups in total. The van der Waals surface area contributed by atoms with Crippen LogP contribution in [0.2, 0.25) is 0 Å². The van der Waals surface area contributed by atoms with Gasteiger partial charge in [-0.05, 0) is 55.0 Å². The second-order valence-corrected chi connectivity index (χ2v) is 11.5. The average Bonchev–Trinajstić information content (AvgIpc) is 3.58. The normalized spacial score (nSPS) is 18.5. The number of nitrogens with two attached hydrogens (primary N) is 1. The Morgan fingerprint density at radius 2 is 2.05 bits per heavy atom. The molecule has 2 aliphatic heterocycles. The summed E-state index contributed by atoms with van der Waals surface area (Å²) in [4.78, 5) is 20.0. The van der Waals surface area contributed by atoms with Crippen LogP contribution in [0.25, 0.3) is 33.5 Å². The first kappa shape index (κ1) is 24.6. The van der Waals surface area contributed by atoms with Crippen molar-refractivity contribution < 1.29 is 13.9 Å². The zero-order valence-electron chi connectivity index (χ0n) is 22.3. The molecule has 0 spiro atoms. The van der Waals surface area contributed by atoms with Crippen LogP contribution in [-0.2, 0) is 20.0 Å². The average molecular weight is 531 g/mol. The monoisotopic (exact) mass is 530 g/mol. The van der Waals surface area contributed by atoms with Gasteiger partial charge in [-0.2, -0.15) is 0 Å². The van der Waals surface area contributed by atoms with Crippen molar-refractivity contribution in [3.8, 4) is 17.3 Å². The smallest absolute Gasteiger partial charge is 0.254 e. The number of rotatable bonds is 9.